The van der Waals surface area contributed by atoms with Gasteiger partial charge in [-0.3, -0.25) is 0 Å². The molecule has 0 amide bonds. The van der Waals surface area contributed by atoms with Crippen LogP contribution in [0.2, 0.25) is 10.0 Å². The average molecular weight is 311 g/mol. The Balaban J connectivity index is 2.12. The summed E-state index contributed by atoms with van der Waals surface area (Å²) in [5, 5.41) is 11.0. The summed E-state index contributed by atoms with van der Waals surface area (Å²) in [6.07, 6.45) is 0.132. The molecule has 0 fully saturated rings. The quantitative estimate of drug-likeness (QED) is 0.840. The highest BCUT2D eigenvalue weighted by atomic mass is 35.5. The molecule has 0 aliphatic heterocycles. The predicted molar refractivity (Wildman–Crippen MR) is 82.5 cm³/mol. The summed E-state index contributed by atoms with van der Waals surface area (Å²) in [5.74, 6) is 0.688. The van der Waals surface area contributed by atoms with Crippen molar-refractivity contribution in [3.8, 4) is 5.75 Å². The second-order valence-corrected chi connectivity index (χ2v) is 5.31. The molecule has 20 heavy (non-hydrogen) atoms. The van der Waals surface area contributed by atoms with Crippen LogP contribution in [-0.4, -0.2) is 5.11 Å². The van der Waals surface area contributed by atoms with Gasteiger partial charge in [0.25, 0.3) is 0 Å². The lowest BCUT2D eigenvalue weighted by atomic mass is 10.1. The minimum atomic E-state index is -0.514. The fraction of sp³-hybridized carbons (Fsp3) is 0.250. The normalized spacial score (nSPS) is 12.2. The summed E-state index contributed by atoms with van der Waals surface area (Å²) in [7, 11) is 0. The van der Waals surface area contributed by atoms with E-state index in [1.165, 1.54) is 0 Å². The molecule has 0 saturated carbocycles. The molecule has 1 atom stereocenters. The van der Waals surface area contributed by atoms with Crippen LogP contribution in [0.3, 0.4) is 0 Å². The van der Waals surface area contributed by atoms with Gasteiger partial charge in [-0.2, -0.15) is 0 Å². The lowest BCUT2D eigenvalue weighted by Gasteiger charge is -2.15. The largest absolute Gasteiger partial charge is 0.489 e. The minimum absolute atomic E-state index is 0.379. The molecule has 0 aliphatic carbocycles. The Morgan fingerprint density at radius 2 is 1.85 bits per heavy atom. The zero-order valence-corrected chi connectivity index (χ0v) is 12.7. The van der Waals surface area contributed by atoms with Gasteiger partial charge in [-0.25, -0.2) is 0 Å². The maximum absolute atomic E-state index is 9.97. The van der Waals surface area contributed by atoms with Crippen molar-refractivity contribution < 1.29 is 9.84 Å². The van der Waals surface area contributed by atoms with E-state index in [1.807, 2.05) is 37.3 Å². The first-order chi connectivity index (χ1) is 9.61. The number of hydrogen-bond donors (Lipinski definition) is 1. The molecular weight excluding hydrogens is 295 g/mol. The molecule has 1 N–H and O–H groups in total. The zero-order valence-electron chi connectivity index (χ0n) is 11.1. The molecular formula is C16H16Cl2O2. The molecule has 106 valence electrons. The molecule has 0 heterocycles. The van der Waals surface area contributed by atoms with E-state index in [0.29, 0.717) is 28.8 Å². The van der Waals surface area contributed by atoms with E-state index in [1.54, 1.807) is 12.1 Å². The van der Waals surface area contributed by atoms with Gasteiger partial charge >= 0.3 is 0 Å². The van der Waals surface area contributed by atoms with Crippen LogP contribution in [-0.2, 0) is 6.61 Å². The van der Waals surface area contributed by atoms with Gasteiger partial charge in [-0.1, -0.05) is 54.4 Å². The van der Waals surface area contributed by atoms with Crippen LogP contribution in [0, 0.1) is 0 Å². The third kappa shape index (κ3) is 3.66. The van der Waals surface area contributed by atoms with Gasteiger partial charge in [-0.05, 0) is 30.2 Å². The van der Waals surface area contributed by atoms with Gasteiger partial charge in [0, 0.05) is 5.56 Å². The van der Waals surface area contributed by atoms with Crippen LogP contribution in [0.25, 0.3) is 0 Å². The van der Waals surface area contributed by atoms with E-state index >= 15 is 0 Å². The van der Waals surface area contributed by atoms with Gasteiger partial charge in [-0.15, -0.1) is 0 Å². The summed E-state index contributed by atoms with van der Waals surface area (Å²) in [5.41, 5.74) is 1.73. The van der Waals surface area contributed by atoms with E-state index in [2.05, 4.69) is 0 Å². The van der Waals surface area contributed by atoms with E-state index in [-0.39, 0.29) is 0 Å². The van der Waals surface area contributed by atoms with Crippen molar-refractivity contribution in [3.63, 3.8) is 0 Å². The van der Waals surface area contributed by atoms with Gasteiger partial charge < -0.3 is 9.84 Å². The summed E-state index contributed by atoms with van der Waals surface area (Å²) in [6.45, 7) is 2.31. The minimum Gasteiger partial charge on any atom is -0.489 e. The molecule has 0 saturated heterocycles. The highest BCUT2D eigenvalue weighted by Crippen LogP contribution is 2.28. The maximum Gasteiger partial charge on any atom is 0.125 e. The first-order valence-corrected chi connectivity index (χ1v) is 7.21. The molecule has 0 bridgehead atoms. The van der Waals surface area contributed by atoms with Crippen molar-refractivity contribution in [2.45, 2.75) is 26.1 Å². The number of rotatable bonds is 5. The third-order valence-corrected chi connectivity index (χ3v) is 3.78. The topological polar surface area (TPSA) is 29.5 Å². The molecule has 2 nitrogen and oxygen atoms in total. The summed E-state index contributed by atoms with van der Waals surface area (Å²) < 4.78 is 5.78. The van der Waals surface area contributed by atoms with Crippen LogP contribution in [0.4, 0.5) is 0 Å². The lowest BCUT2D eigenvalue weighted by molar-refractivity contribution is 0.166. The van der Waals surface area contributed by atoms with Crippen molar-refractivity contribution in [3.05, 3.63) is 63.6 Å². The van der Waals surface area contributed by atoms with Crippen molar-refractivity contribution in [2.24, 2.45) is 0 Å². The van der Waals surface area contributed by atoms with E-state index in [9.17, 15) is 5.11 Å². The van der Waals surface area contributed by atoms with Crippen LogP contribution in [0.5, 0.6) is 5.75 Å². The summed E-state index contributed by atoms with van der Waals surface area (Å²) in [6, 6.07) is 12.9. The second-order valence-electron chi connectivity index (χ2n) is 4.50. The zero-order chi connectivity index (χ0) is 14.5. The number of benzene rings is 2. The van der Waals surface area contributed by atoms with Crippen LogP contribution >= 0.6 is 23.2 Å². The number of aliphatic hydroxyl groups excluding tert-OH is 1. The molecule has 4 heteroatoms. The number of ether oxygens (including phenoxy) is 1. The van der Waals surface area contributed by atoms with Gasteiger partial charge in [0.15, 0.2) is 0 Å². The van der Waals surface area contributed by atoms with Crippen LogP contribution in [0.1, 0.15) is 30.6 Å². The van der Waals surface area contributed by atoms with Crippen LogP contribution < -0.4 is 4.74 Å². The first kappa shape index (κ1) is 15.2. The Hall–Kier alpha value is -1.22. The molecule has 2 rings (SSSR count). The van der Waals surface area contributed by atoms with E-state index in [0.717, 1.165) is 11.1 Å². The molecule has 2 aromatic carbocycles. The molecule has 0 spiro atoms. The lowest BCUT2D eigenvalue weighted by Crippen LogP contribution is -2.02. The Morgan fingerprint density at radius 1 is 1.10 bits per heavy atom. The second kappa shape index (κ2) is 6.98. The van der Waals surface area contributed by atoms with E-state index < -0.39 is 6.10 Å². The van der Waals surface area contributed by atoms with Crippen molar-refractivity contribution in [1.82, 2.24) is 0 Å². The number of aliphatic hydroxyl groups is 1. The molecule has 0 aromatic heterocycles. The van der Waals surface area contributed by atoms with Crippen molar-refractivity contribution in [1.29, 1.82) is 0 Å². The SMILES string of the molecule is CC[C@H](O)c1ccccc1OCc1ccc(Cl)c(Cl)c1. The Morgan fingerprint density at radius 3 is 2.55 bits per heavy atom. The number of hydrogen-bond acceptors (Lipinski definition) is 2. The van der Waals surface area contributed by atoms with Crippen molar-refractivity contribution >= 4 is 23.2 Å². The van der Waals surface area contributed by atoms with Gasteiger partial charge in [0.05, 0.1) is 16.1 Å². The van der Waals surface area contributed by atoms with E-state index in [4.69, 9.17) is 27.9 Å². The predicted octanol–water partition coefficient (Wildman–Crippen LogP) is 5.02. The summed E-state index contributed by atoms with van der Waals surface area (Å²) >= 11 is 11.8. The van der Waals surface area contributed by atoms with Gasteiger partial charge in [0.2, 0.25) is 0 Å². The van der Waals surface area contributed by atoms with Gasteiger partial charge in [0.1, 0.15) is 12.4 Å². The Labute approximate surface area is 128 Å². The first-order valence-electron chi connectivity index (χ1n) is 6.45. The Kier molecular flexibility index (Phi) is 5.30. The summed E-state index contributed by atoms with van der Waals surface area (Å²) in [4.78, 5) is 0. The average Bonchev–Trinajstić information content (AvgIpc) is 2.48. The Bertz CT molecular complexity index is 584. The standard InChI is InChI=1S/C16H16Cl2O2/c1-2-15(19)12-5-3-4-6-16(12)20-10-11-7-8-13(17)14(18)9-11/h3-9,15,19H,2,10H2,1H3/t15-/m0/s1. The third-order valence-electron chi connectivity index (χ3n) is 3.04. The highest BCUT2D eigenvalue weighted by molar-refractivity contribution is 6.42. The van der Waals surface area contributed by atoms with Crippen LogP contribution in [0.15, 0.2) is 42.5 Å². The fourth-order valence-electron chi connectivity index (χ4n) is 1.90. The maximum atomic E-state index is 9.97. The highest BCUT2D eigenvalue weighted by Gasteiger charge is 2.11. The van der Waals surface area contributed by atoms with Crippen molar-refractivity contribution in [2.75, 3.05) is 0 Å². The molecule has 0 unspecified atom stereocenters. The molecule has 0 aliphatic rings. The number of para-hydroxylation sites is 1. The fourth-order valence-corrected chi connectivity index (χ4v) is 2.22. The molecule has 0 radical (unpaired) electrons. The smallest absolute Gasteiger partial charge is 0.125 e. The molecule has 2 aromatic rings. The monoisotopic (exact) mass is 310 g/mol. The number of halogens is 2.